The molecule has 0 bridgehead atoms. The number of ether oxygens (including phenoxy) is 1. The highest BCUT2D eigenvalue weighted by atomic mass is 32.2. The number of nitrogens with two attached hydrogens (primary N) is 1. The Morgan fingerprint density at radius 2 is 2.07 bits per heavy atom. The minimum Gasteiger partial charge on any atom is -0.494 e. The Bertz CT molecular complexity index is 1120. The largest absolute Gasteiger partial charge is 0.494 e. The molecule has 1 aliphatic carbocycles. The van der Waals surface area contributed by atoms with Gasteiger partial charge in [0.1, 0.15) is 10.6 Å². The van der Waals surface area contributed by atoms with Crippen LogP contribution in [0.3, 0.4) is 0 Å². The second-order valence-corrected chi connectivity index (χ2v) is 9.17. The summed E-state index contributed by atoms with van der Waals surface area (Å²) < 4.78 is 7.13. The van der Waals surface area contributed by atoms with Crippen LogP contribution >= 0.6 is 23.1 Å². The average Bonchev–Trinajstić information content (AvgIpc) is 3.28. The Kier molecular flexibility index (Phi) is 5.65. The molecule has 2 aromatic heterocycles. The number of fused-ring (bicyclic) bond motifs is 3. The first kappa shape index (κ1) is 20.0. The highest BCUT2D eigenvalue weighted by Crippen LogP contribution is 2.36. The van der Waals surface area contributed by atoms with E-state index in [0.29, 0.717) is 29.3 Å². The van der Waals surface area contributed by atoms with Crippen molar-refractivity contribution in [3.63, 3.8) is 0 Å². The van der Waals surface area contributed by atoms with Crippen LogP contribution in [-0.4, -0.2) is 27.3 Å². The first-order valence-electron chi connectivity index (χ1n) is 9.80. The zero-order chi connectivity index (χ0) is 20.5. The number of aromatic nitrogens is 2. The minimum atomic E-state index is -0.444. The number of carbonyl (C=O) groups excluding carboxylic acids is 1. The number of hydrogen-bond acceptors (Lipinski definition) is 6. The molecule has 0 saturated carbocycles. The summed E-state index contributed by atoms with van der Waals surface area (Å²) in [7, 11) is 0. The molecule has 4 rings (SSSR count). The predicted molar refractivity (Wildman–Crippen MR) is 118 cm³/mol. The van der Waals surface area contributed by atoms with Gasteiger partial charge in [-0.05, 0) is 62.4 Å². The van der Waals surface area contributed by atoms with Crippen LogP contribution in [0.1, 0.15) is 37.1 Å². The van der Waals surface area contributed by atoms with Gasteiger partial charge in [-0.15, -0.1) is 11.3 Å². The van der Waals surface area contributed by atoms with Crippen LogP contribution in [0.15, 0.2) is 34.2 Å². The van der Waals surface area contributed by atoms with Crippen LogP contribution in [0.5, 0.6) is 5.75 Å². The Labute approximate surface area is 177 Å². The summed E-state index contributed by atoms with van der Waals surface area (Å²) in [5.41, 5.74) is 7.32. The average molecular weight is 430 g/mol. The molecule has 0 fully saturated rings. The van der Waals surface area contributed by atoms with Crippen LogP contribution in [0, 0.1) is 0 Å². The third-order valence-corrected chi connectivity index (χ3v) is 7.57. The van der Waals surface area contributed by atoms with Gasteiger partial charge in [0, 0.05) is 4.88 Å². The van der Waals surface area contributed by atoms with E-state index in [1.165, 1.54) is 16.6 Å². The van der Waals surface area contributed by atoms with Gasteiger partial charge in [0.05, 0.1) is 22.9 Å². The molecule has 2 heterocycles. The quantitative estimate of drug-likeness (QED) is 0.457. The zero-order valence-corrected chi connectivity index (χ0v) is 18.1. The first-order valence-corrected chi connectivity index (χ1v) is 11.5. The second-order valence-electron chi connectivity index (χ2n) is 6.92. The molecule has 2 N–H and O–H groups in total. The van der Waals surface area contributed by atoms with E-state index in [1.54, 1.807) is 15.9 Å². The third kappa shape index (κ3) is 3.67. The summed E-state index contributed by atoms with van der Waals surface area (Å²) >= 11 is 2.85. The lowest BCUT2D eigenvalue weighted by Crippen LogP contribution is -2.28. The fraction of sp³-hybridized carbons (Fsp3) is 0.381. The highest BCUT2D eigenvalue weighted by Gasteiger charge is 2.26. The lowest BCUT2D eigenvalue weighted by atomic mass is 10.2. The smallest absolute Gasteiger partial charge is 0.267 e. The predicted octanol–water partition coefficient (Wildman–Crippen LogP) is 3.69. The molecule has 152 valence electrons. The molecule has 0 spiro atoms. The SMILES string of the molecule is CCOc1ccc(-n2c(SC(CC)C(N)=O)nc3sc4c(c3c2=O)CCC4)cc1. The van der Waals surface area contributed by atoms with Crippen LogP contribution in [0.25, 0.3) is 15.9 Å². The van der Waals surface area contributed by atoms with Crippen LogP contribution in [-0.2, 0) is 17.6 Å². The van der Waals surface area contributed by atoms with E-state index in [4.69, 9.17) is 15.5 Å². The molecule has 29 heavy (non-hydrogen) atoms. The maximum atomic E-state index is 13.6. The number of nitrogens with zero attached hydrogens (tertiary/aromatic N) is 2. The lowest BCUT2D eigenvalue weighted by Gasteiger charge is -2.16. The number of thiophene rings is 1. The number of primary amides is 1. The van der Waals surface area contributed by atoms with E-state index in [-0.39, 0.29) is 5.56 Å². The summed E-state index contributed by atoms with van der Waals surface area (Å²) in [5.74, 6) is 0.339. The summed E-state index contributed by atoms with van der Waals surface area (Å²) in [6, 6.07) is 7.38. The summed E-state index contributed by atoms with van der Waals surface area (Å²) in [6.07, 6.45) is 3.56. The number of hydrogen-bond donors (Lipinski definition) is 1. The van der Waals surface area contributed by atoms with Crippen LogP contribution in [0.2, 0.25) is 0 Å². The monoisotopic (exact) mass is 429 g/mol. The number of carbonyl (C=O) groups is 1. The van der Waals surface area contributed by atoms with Crippen molar-refractivity contribution in [2.45, 2.75) is 49.9 Å². The molecule has 1 aliphatic rings. The Hall–Kier alpha value is -2.32. The van der Waals surface area contributed by atoms with Crippen LogP contribution < -0.4 is 16.0 Å². The number of aryl methyl sites for hydroxylation is 2. The van der Waals surface area contributed by atoms with Crippen molar-refractivity contribution in [3.05, 3.63) is 45.1 Å². The van der Waals surface area contributed by atoms with Gasteiger partial charge >= 0.3 is 0 Å². The Morgan fingerprint density at radius 3 is 2.72 bits per heavy atom. The molecular weight excluding hydrogens is 406 g/mol. The van der Waals surface area contributed by atoms with Gasteiger partial charge in [-0.1, -0.05) is 18.7 Å². The molecule has 1 atom stereocenters. The summed E-state index contributed by atoms with van der Waals surface area (Å²) in [5, 5.41) is 0.769. The molecule has 8 heteroatoms. The first-order chi connectivity index (χ1) is 14.0. The molecule has 0 aliphatic heterocycles. The van der Waals surface area contributed by atoms with E-state index in [1.807, 2.05) is 38.1 Å². The summed E-state index contributed by atoms with van der Waals surface area (Å²) in [6.45, 7) is 4.41. The molecule has 1 unspecified atom stereocenters. The Morgan fingerprint density at radius 1 is 1.31 bits per heavy atom. The molecule has 1 amide bonds. The van der Waals surface area contributed by atoms with Crippen molar-refractivity contribution >= 4 is 39.2 Å². The van der Waals surface area contributed by atoms with Gasteiger partial charge in [-0.25, -0.2) is 4.98 Å². The van der Waals surface area contributed by atoms with Gasteiger partial charge in [0.2, 0.25) is 5.91 Å². The minimum absolute atomic E-state index is 0.0830. The van der Waals surface area contributed by atoms with Crippen molar-refractivity contribution in [2.75, 3.05) is 6.61 Å². The van der Waals surface area contributed by atoms with E-state index in [9.17, 15) is 9.59 Å². The van der Waals surface area contributed by atoms with E-state index in [0.717, 1.165) is 35.4 Å². The third-order valence-electron chi connectivity index (χ3n) is 5.05. The van der Waals surface area contributed by atoms with Crippen LogP contribution in [0.4, 0.5) is 0 Å². The molecule has 3 aromatic rings. The molecule has 0 radical (unpaired) electrons. The lowest BCUT2D eigenvalue weighted by molar-refractivity contribution is -0.117. The number of benzene rings is 1. The van der Waals surface area contributed by atoms with E-state index in [2.05, 4.69) is 0 Å². The molecular formula is C21H23N3O3S2. The fourth-order valence-corrected chi connectivity index (χ4v) is 5.94. The summed E-state index contributed by atoms with van der Waals surface area (Å²) in [4.78, 5) is 32.2. The van der Waals surface area contributed by atoms with Crippen molar-refractivity contribution in [2.24, 2.45) is 5.73 Å². The van der Waals surface area contributed by atoms with Gasteiger partial charge in [0.25, 0.3) is 5.56 Å². The van der Waals surface area contributed by atoms with E-state index < -0.39 is 11.2 Å². The maximum absolute atomic E-state index is 13.6. The zero-order valence-electron chi connectivity index (χ0n) is 16.4. The van der Waals surface area contributed by atoms with Gasteiger partial charge in [0.15, 0.2) is 5.16 Å². The number of amides is 1. The fourth-order valence-electron chi connectivity index (χ4n) is 3.66. The van der Waals surface area contributed by atoms with Crippen molar-refractivity contribution in [1.82, 2.24) is 9.55 Å². The normalized spacial score (nSPS) is 14.1. The second kappa shape index (κ2) is 8.20. The highest BCUT2D eigenvalue weighted by molar-refractivity contribution is 8.00. The van der Waals surface area contributed by atoms with E-state index >= 15 is 0 Å². The topological polar surface area (TPSA) is 87.2 Å². The Balaban J connectivity index is 1.91. The van der Waals surface area contributed by atoms with Crippen molar-refractivity contribution in [3.8, 4) is 11.4 Å². The van der Waals surface area contributed by atoms with Crippen molar-refractivity contribution in [1.29, 1.82) is 0 Å². The molecule has 6 nitrogen and oxygen atoms in total. The van der Waals surface area contributed by atoms with Gasteiger partial charge < -0.3 is 10.5 Å². The molecule has 1 aromatic carbocycles. The number of thioether (sulfide) groups is 1. The number of rotatable bonds is 7. The maximum Gasteiger partial charge on any atom is 0.267 e. The van der Waals surface area contributed by atoms with Crippen molar-refractivity contribution < 1.29 is 9.53 Å². The van der Waals surface area contributed by atoms with Gasteiger partial charge in [-0.3, -0.25) is 14.2 Å². The van der Waals surface area contributed by atoms with Gasteiger partial charge in [-0.2, -0.15) is 0 Å². The molecule has 0 saturated heterocycles. The standard InChI is InChI=1S/C21H23N3O3S2/c1-3-15(18(22)25)29-21-23-19-17(14-6-5-7-16(14)28-19)20(26)24(21)12-8-10-13(11-9-12)27-4-2/h8-11,15H,3-7H2,1-2H3,(H2,22,25).